The summed E-state index contributed by atoms with van der Waals surface area (Å²) in [5.74, 6) is -0.228. The third kappa shape index (κ3) is 2.74. The van der Waals surface area contributed by atoms with Crippen LogP contribution in [-0.2, 0) is 16.0 Å². The third-order valence-electron chi connectivity index (χ3n) is 2.57. The summed E-state index contributed by atoms with van der Waals surface area (Å²) in [6, 6.07) is 7.53. The van der Waals surface area contributed by atoms with Crippen LogP contribution < -0.4 is 0 Å². The van der Waals surface area contributed by atoms with Gasteiger partial charge in [0.1, 0.15) is 0 Å². The number of benzene rings is 1. The van der Waals surface area contributed by atoms with E-state index in [4.69, 9.17) is 11.6 Å². The molecule has 0 atom stereocenters. The Morgan fingerprint density at radius 1 is 1.47 bits per heavy atom. The molecule has 0 unspecified atom stereocenters. The van der Waals surface area contributed by atoms with Crippen molar-refractivity contribution < 1.29 is 9.53 Å². The number of hydrogen-bond donors (Lipinski definition) is 0. The van der Waals surface area contributed by atoms with E-state index in [1.807, 2.05) is 24.3 Å². The molecular weight excluding hydrogens is 238 g/mol. The van der Waals surface area contributed by atoms with Crippen LogP contribution in [0.5, 0.6) is 0 Å². The van der Waals surface area contributed by atoms with Gasteiger partial charge in [-0.2, -0.15) is 0 Å². The molecule has 88 valence electrons. The van der Waals surface area contributed by atoms with Gasteiger partial charge in [-0.05, 0) is 30.2 Å². The lowest BCUT2D eigenvalue weighted by Crippen LogP contribution is -2.02. The highest BCUT2D eigenvalue weighted by atomic mass is 35.5. The van der Waals surface area contributed by atoms with Crippen LogP contribution >= 0.6 is 11.6 Å². The molecule has 0 saturated carbocycles. The number of hydrogen-bond acceptors (Lipinski definition) is 3. The van der Waals surface area contributed by atoms with E-state index in [1.165, 1.54) is 7.11 Å². The Hall–Kier alpha value is -1.61. The molecule has 0 bridgehead atoms. The van der Waals surface area contributed by atoms with Gasteiger partial charge in [0.15, 0.2) is 0 Å². The summed E-state index contributed by atoms with van der Waals surface area (Å²) in [5, 5.41) is 1.64. The Labute approximate surface area is 104 Å². The van der Waals surface area contributed by atoms with E-state index < -0.39 is 0 Å². The Morgan fingerprint density at radius 2 is 2.29 bits per heavy atom. The van der Waals surface area contributed by atoms with Crippen molar-refractivity contribution in [2.45, 2.75) is 12.8 Å². The Bertz CT molecular complexity index is 554. The van der Waals surface area contributed by atoms with E-state index in [-0.39, 0.29) is 5.97 Å². The van der Waals surface area contributed by atoms with Gasteiger partial charge in [0.2, 0.25) is 0 Å². The number of rotatable bonds is 3. The van der Waals surface area contributed by atoms with Crippen LogP contribution in [-0.4, -0.2) is 18.1 Å². The summed E-state index contributed by atoms with van der Waals surface area (Å²) in [5.41, 5.74) is 1.86. The molecule has 0 N–H and O–H groups in total. The monoisotopic (exact) mass is 249 g/mol. The van der Waals surface area contributed by atoms with E-state index >= 15 is 0 Å². The highest BCUT2D eigenvalue weighted by Gasteiger charge is 2.07. The number of ether oxygens (including phenoxy) is 1. The lowest BCUT2D eigenvalue weighted by Gasteiger charge is -2.06. The van der Waals surface area contributed by atoms with E-state index in [1.54, 1.807) is 6.20 Å². The SMILES string of the molecule is COC(=O)CCc1cc(Cl)cc2cccnc12. The Kier molecular flexibility index (Phi) is 3.59. The van der Waals surface area contributed by atoms with Gasteiger partial charge in [0.25, 0.3) is 0 Å². The molecule has 0 fully saturated rings. The van der Waals surface area contributed by atoms with Gasteiger partial charge >= 0.3 is 5.97 Å². The number of fused-ring (bicyclic) bond motifs is 1. The minimum absolute atomic E-state index is 0.228. The maximum absolute atomic E-state index is 11.1. The minimum atomic E-state index is -0.228. The summed E-state index contributed by atoms with van der Waals surface area (Å²) in [6.07, 6.45) is 2.65. The molecule has 2 aromatic rings. The van der Waals surface area contributed by atoms with Crippen molar-refractivity contribution in [2.24, 2.45) is 0 Å². The summed E-state index contributed by atoms with van der Waals surface area (Å²) in [7, 11) is 1.39. The Morgan fingerprint density at radius 3 is 3.06 bits per heavy atom. The van der Waals surface area contributed by atoms with Crippen LogP contribution in [0.3, 0.4) is 0 Å². The molecule has 0 spiro atoms. The topological polar surface area (TPSA) is 39.2 Å². The van der Waals surface area contributed by atoms with Gasteiger partial charge in [-0.3, -0.25) is 9.78 Å². The molecule has 0 amide bonds. The molecule has 2 rings (SSSR count). The minimum Gasteiger partial charge on any atom is -0.469 e. The molecule has 1 aromatic heterocycles. The number of methoxy groups -OCH3 is 1. The van der Waals surface area contributed by atoms with Crippen LogP contribution in [0.4, 0.5) is 0 Å². The smallest absolute Gasteiger partial charge is 0.305 e. The van der Waals surface area contributed by atoms with Crippen molar-refractivity contribution in [1.82, 2.24) is 4.98 Å². The molecule has 1 aromatic carbocycles. The zero-order valence-corrected chi connectivity index (χ0v) is 10.2. The summed E-state index contributed by atoms with van der Waals surface area (Å²) in [4.78, 5) is 15.4. The number of pyridine rings is 1. The average Bonchev–Trinajstić information content (AvgIpc) is 2.35. The summed E-state index contributed by atoms with van der Waals surface area (Å²) in [6.45, 7) is 0. The average molecular weight is 250 g/mol. The molecule has 4 heteroatoms. The first-order chi connectivity index (χ1) is 8.20. The van der Waals surface area contributed by atoms with E-state index in [0.29, 0.717) is 17.9 Å². The first-order valence-electron chi connectivity index (χ1n) is 5.30. The number of carbonyl (C=O) groups excluding carboxylic acids is 1. The quantitative estimate of drug-likeness (QED) is 0.785. The molecule has 0 saturated heterocycles. The standard InChI is InChI=1S/C13H12ClNO2/c1-17-12(16)5-4-10-8-11(14)7-9-3-2-6-15-13(9)10/h2-3,6-8H,4-5H2,1H3. The van der Waals surface area contributed by atoms with Crippen molar-refractivity contribution in [3.8, 4) is 0 Å². The van der Waals surface area contributed by atoms with Gasteiger partial charge in [-0.15, -0.1) is 0 Å². The second-order valence-corrected chi connectivity index (χ2v) is 4.15. The second-order valence-electron chi connectivity index (χ2n) is 3.72. The van der Waals surface area contributed by atoms with Crippen LogP contribution in [0.25, 0.3) is 10.9 Å². The van der Waals surface area contributed by atoms with Gasteiger partial charge in [0.05, 0.1) is 12.6 Å². The zero-order chi connectivity index (χ0) is 12.3. The van der Waals surface area contributed by atoms with Crippen molar-refractivity contribution in [3.05, 3.63) is 41.0 Å². The fourth-order valence-corrected chi connectivity index (χ4v) is 2.01. The van der Waals surface area contributed by atoms with Gasteiger partial charge < -0.3 is 4.74 Å². The number of carbonyl (C=O) groups is 1. The van der Waals surface area contributed by atoms with Gasteiger partial charge in [-0.1, -0.05) is 17.7 Å². The third-order valence-corrected chi connectivity index (χ3v) is 2.79. The van der Waals surface area contributed by atoms with Crippen LogP contribution in [0.1, 0.15) is 12.0 Å². The molecule has 1 heterocycles. The number of halogens is 1. The summed E-state index contributed by atoms with van der Waals surface area (Å²) >= 11 is 6.03. The number of aromatic nitrogens is 1. The van der Waals surface area contributed by atoms with Crippen molar-refractivity contribution in [1.29, 1.82) is 0 Å². The molecule has 0 radical (unpaired) electrons. The lowest BCUT2D eigenvalue weighted by atomic mass is 10.1. The fourth-order valence-electron chi connectivity index (χ4n) is 1.76. The van der Waals surface area contributed by atoms with Gasteiger partial charge in [0, 0.05) is 23.0 Å². The van der Waals surface area contributed by atoms with E-state index in [0.717, 1.165) is 16.5 Å². The maximum Gasteiger partial charge on any atom is 0.305 e. The Balaban J connectivity index is 2.35. The molecule has 0 aliphatic rings. The first-order valence-corrected chi connectivity index (χ1v) is 5.68. The predicted octanol–water partition coefficient (Wildman–Crippen LogP) is 2.99. The molecular formula is C13H12ClNO2. The lowest BCUT2D eigenvalue weighted by molar-refractivity contribution is -0.140. The van der Waals surface area contributed by atoms with Gasteiger partial charge in [-0.25, -0.2) is 0 Å². The maximum atomic E-state index is 11.1. The largest absolute Gasteiger partial charge is 0.469 e. The van der Waals surface area contributed by atoms with E-state index in [9.17, 15) is 4.79 Å². The molecule has 17 heavy (non-hydrogen) atoms. The van der Waals surface area contributed by atoms with Crippen LogP contribution in [0.2, 0.25) is 5.02 Å². The van der Waals surface area contributed by atoms with Crippen LogP contribution in [0.15, 0.2) is 30.5 Å². The highest BCUT2D eigenvalue weighted by Crippen LogP contribution is 2.23. The first kappa shape index (κ1) is 11.9. The molecule has 0 aliphatic carbocycles. The van der Waals surface area contributed by atoms with Crippen molar-refractivity contribution >= 4 is 28.5 Å². The number of esters is 1. The van der Waals surface area contributed by atoms with Crippen molar-refractivity contribution in [2.75, 3.05) is 7.11 Å². The fraction of sp³-hybridized carbons (Fsp3) is 0.231. The predicted molar refractivity (Wildman–Crippen MR) is 67.1 cm³/mol. The highest BCUT2D eigenvalue weighted by molar-refractivity contribution is 6.31. The number of nitrogens with zero attached hydrogens (tertiary/aromatic N) is 1. The van der Waals surface area contributed by atoms with Crippen molar-refractivity contribution in [3.63, 3.8) is 0 Å². The zero-order valence-electron chi connectivity index (χ0n) is 9.44. The van der Waals surface area contributed by atoms with E-state index in [2.05, 4.69) is 9.72 Å². The molecule has 0 aliphatic heterocycles. The summed E-state index contributed by atoms with van der Waals surface area (Å²) < 4.78 is 4.62. The number of aryl methyl sites for hydroxylation is 1. The van der Waals surface area contributed by atoms with Crippen LogP contribution in [0, 0.1) is 0 Å². The normalized spacial score (nSPS) is 10.5. The molecule has 3 nitrogen and oxygen atoms in total. The second kappa shape index (κ2) is 5.15.